The Morgan fingerprint density at radius 2 is 1.63 bits per heavy atom. The van der Waals surface area contributed by atoms with Crippen molar-refractivity contribution in [1.82, 2.24) is 0 Å². The van der Waals surface area contributed by atoms with Gasteiger partial charge in [0.15, 0.2) is 0 Å². The number of benzene rings is 2. The highest BCUT2D eigenvalue weighted by Gasteiger charge is 2.12. The van der Waals surface area contributed by atoms with E-state index in [2.05, 4.69) is 0 Å². The quantitative estimate of drug-likeness (QED) is 0.923. The Bertz CT molecular complexity index is 554. The predicted molar refractivity (Wildman–Crippen MR) is 65.2 cm³/mol. The Morgan fingerprint density at radius 3 is 2.26 bits per heavy atom. The van der Waals surface area contributed by atoms with Crippen molar-refractivity contribution in [3.8, 4) is 5.75 Å². The van der Waals surface area contributed by atoms with E-state index in [1.165, 1.54) is 12.1 Å². The average molecular weight is 267 g/mol. The van der Waals surface area contributed by atoms with Crippen molar-refractivity contribution < 1.29 is 17.9 Å². The molecule has 1 unspecified atom stereocenters. The number of halogens is 3. The van der Waals surface area contributed by atoms with Crippen molar-refractivity contribution in [1.29, 1.82) is 0 Å². The fourth-order valence-corrected chi connectivity index (χ4v) is 1.66. The first-order valence-electron chi connectivity index (χ1n) is 5.65. The Labute approximate surface area is 108 Å². The van der Waals surface area contributed by atoms with Crippen LogP contribution < -0.4 is 10.5 Å². The van der Waals surface area contributed by atoms with Crippen LogP contribution in [0.25, 0.3) is 0 Å². The Morgan fingerprint density at radius 1 is 1.00 bits per heavy atom. The molecule has 2 N–H and O–H groups in total. The van der Waals surface area contributed by atoms with Gasteiger partial charge in [0.25, 0.3) is 0 Å². The van der Waals surface area contributed by atoms with E-state index in [1.54, 1.807) is 12.1 Å². The van der Waals surface area contributed by atoms with Crippen LogP contribution in [0.2, 0.25) is 0 Å². The summed E-state index contributed by atoms with van der Waals surface area (Å²) in [5.41, 5.74) is 6.06. The summed E-state index contributed by atoms with van der Waals surface area (Å²) in [6, 6.07) is 8.13. The average Bonchev–Trinajstić information content (AvgIpc) is 2.35. The second-order valence-corrected chi connectivity index (χ2v) is 4.04. The maximum Gasteiger partial charge on any atom is 0.129 e. The standard InChI is InChI=1S/C14H12F3NO/c15-9-5-10(16)7-11(6-9)19-8-14(18)12-3-1-2-4-13(12)17/h1-7,14H,8,18H2. The van der Waals surface area contributed by atoms with E-state index < -0.39 is 23.5 Å². The molecular formula is C14H12F3NO. The second-order valence-electron chi connectivity index (χ2n) is 4.04. The van der Waals surface area contributed by atoms with Crippen LogP contribution in [0.15, 0.2) is 42.5 Å². The maximum absolute atomic E-state index is 13.4. The fraction of sp³-hybridized carbons (Fsp3) is 0.143. The smallest absolute Gasteiger partial charge is 0.129 e. The summed E-state index contributed by atoms with van der Waals surface area (Å²) >= 11 is 0. The second kappa shape index (κ2) is 5.75. The first-order chi connectivity index (χ1) is 9.06. The van der Waals surface area contributed by atoms with Crippen LogP contribution in [0.5, 0.6) is 5.75 Å². The van der Waals surface area contributed by atoms with Crippen molar-refractivity contribution >= 4 is 0 Å². The van der Waals surface area contributed by atoms with Gasteiger partial charge < -0.3 is 10.5 Å². The van der Waals surface area contributed by atoms with E-state index in [9.17, 15) is 13.2 Å². The molecule has 2 aromatic carbocycles. The molecule has 0 saturated carbocycles. The van der Waals surface area contributed by atoms with Crippen molar-refractivity contribution in [3.05, 3.63) is 65.5 Å². The topological polar surface area (TPSA) is 35.2 Å². The molecule has 0 heterocycles. The molecule has 0 aromatic heterocycles. The molecule has 0 radical (unpaired) electrons. The van der Waals surface area contributed by atoms with E-state index in [4.69, 9.17) is 10.5 Å². The first kappa shape index (κ1) is 13.4. The number of nitrogens with two attached hydrogens (primary N) is 1. The van der Waals surface area contributed by atoms with Gasteiger partial charge in [-0.05, 0) is 6.07 Å². The number of hydrogen-bond acceptors (Lipinski definition) is 2. The number of ether oxygens (including phenoxy) is 1. The molecule has 2 aromatic rings. The Balaban J connectivity index is 2.04. The van der Waals surface area contributed by atoms with Crippen molar-refractivity contribution in [2.45, 2.75) is 6.04 Å². The first-order valence-corrected chi connectivity index (χ1v) is 5.65. The molecule has 0 spiro atoms. The van der Waals surface area contributed by atoms with Gasteiger partial charge in [-0.25, -0.2) is 13.2 Å². The summed E-state index contributed by atoms with van der Waals surface area (Å²) in [6.07, 6.45) is 0. The molecule has 2 nitrogen and oxygen atoms in total. The van der Waals surface area contributed by atoms with E-state index in [1.807, 2.05) is 0 Å². The summed E-state index contributed by atoms with van der Waals surface area (Å²) in [5, 5.41) is 0. The van der Waals surface area contributed by atoms with Crippen molar-refractivity contribution in [3.63, 3.8) is 0 Å². The minimum absolute atomic E-state index is 0.0179. The Hall–Kier alpha value is -2.01. The monoisotopic (exact) mass is 267 g/mol. The highest BCUT2D eigenvalue weighted by atomic mass is 19.1. The van der Waals surface area contributed by atoms with Gasteiger partial charge in [-0.3, -0.25) is 0 Å². The summed E-state index contributed by atoms with van der Waals surface area (Å²) in [4.78, 5) is 0. The fourth-order valence-electron chi connectivity index (χ4n) is 1.66. The van der Waals surface area contributed by atoms with Gasteiger partial charge in [0.2, 0.25) is 0 Å². The molecular weight excluding hydrogens is 255 g/mol. The van der Waals surface area contributed by atoms with Crippen LogP contribution in [0.3, 0.4) is 0 Å². The molecule has 0 fully saturated rings. The van der Waals surface area contributed by atoms with E-state index in [-0.39, 0.29) is 12.4 Å². The maximum atomic E-state index is 13.4. The van der Waals surface area contributed by atoms with Gasteiger partial charge in [-0.2, -0.15) is 0 Å². The SMILES string of the molecule is NC(COc1cc(F)cc(F)c1)c1ccccc1F. The van der Waals surface area contributed by atoms with E-state index >= 15 is 0 Å². The minimum Gasteiger partial charge on any atom is -0.491 e. The lowest BCUT2D eigenvalue weighted by atomic mass is 10.1. The number of rotatable bonds is 4. The van der Waals surface area contributed by atoms with E-state index in [0.717, 1.165) is 18.2 Å². The third-order valence-corrected chi connectivity index (χ3v) is 2.57. The van der Waals surface area contributed by atoms with Crippen LogP contribution in [-0.4, -0.2) is 6.61 Å². The van der Waals surface area contributed by atoms with Gasteiger partial charge in [0, 0.05) is 23.8 Å². The normalized spacial score (nSPS) is 12.2. The van der Waals surface area contributed by atoms with Crippen LogP contribution in [-0.2, 0) is 0 Å². The molecule has 0 bridgehead atoms. The zero-order valence-electron chi connectivity index (χ0n) is 9.95. The highest BCUT2D eigenvalue weighted by molar-refractivity contribution is 5.25. The molecule has 0 aliphatic carbocycles. The summed E-state index contributed by atoms with van der Waals surface area (Å²) < 4.78 is 44.5. The zero-order chi connectivity index (χ0) is 13.8. The third-order valence-electron chi connectivity index (χ3n) is 2.57. The molecule has 5 heteroatoms. The zero-order valence-corrected chi connectivity index (χ0v) is 9.95. The van der Waals surface area contributed by atoms with Gasteiger partial charge in [0.1, 0.15) is 29.8 Å². The molecule has 19 heavy (non-hydrogen) atoms. The number of hydrogen-bond donors (Lipinski definition) is 1. The van der Waals surface area contributed by atoms with Crippen LogP contribution in [0.1, 0.15) is 11.6 Å². The molecule has 0 amide bonds. The van der Waals surface area contributed by atoms with Crippen LogP contribution >= 0.6 is 0 Å². The molecule has 1 atom stereocenters. The van der Waals surface area contributed by atoms with Gasteiger partial charge >= 0.3 is 0 Å². The van der Waals surface area contributed by atoms with Crippen LogP contribution in [0, 0.1) is 17.5 Å². The third kappa shape index (κ3) is 3.48. The predicted octanol–water partition coefficient (Wildman–Crippen LogP) is 3.18. The molecule has 0 aliphatic heterocycles. The van der Waals surface area contributed by atoms with Gasteiger partial charge in [-0.1, -0.05) is 18.2 Å². The van der Waals surface area contributed by atoms with E-state index in [0.29, 0.717) is 5.56 Å². The molecule has 100 valence electrons. The summed E-state index contributed by atoms with van der Waals surface area (Å²) in [7, 11) is 0. The lowest BCUT2D eigenvalue weighted by molar-refractivity contribution is 0.285. The largest absolute Gasteiger partial charge is 0.491 e. The molecule has 0 aliphatic rings. The van der Waals surface area contributed by atoms with Crippen LogP contribution in [0.4, 0.5) is 13.2 Å². The Kier molecular flexibility index (Phi) is 4.06. The minimum atomic E-state index is -0.741. The van der Waals surface area contributed by atoms with Gasteiger partial charge in [-0.15, -0.1) is 0 Å². The lowest BCUT2D eigenvalue weighted by Crippen LogP contribution is -2.20. The van der Waals surface area contributed by atoms with Crippen molar-refractivity contribution in [2.75, 3.05) is 6.61 Å². The molecule has 2 rings (SSSR count). The summed E-state index contributed by atoms with van der Waals surface area (Å²) in [5.74, 6) is -1.91. The highest BCUT2D eigenvalue weighted by Crippen LogP contribution is 2.19. The van der Waals surface area contributed by atoms with Gasteiger partial charge in [0.05, 0.1) is 6.04 Å². The van der Waals surface area contributed by atoms with Crippen molar-refractivity contribution in [2.24, 2.45) is 5.73 Å². The molecule has 0 saturated heterocycles. The lowest BCUT2D eigenvalue weighted by Gasteiger charge is -2.14. The summed E-state index contributed by atoms with van der Waals surface area (Å²) in [6.45, 7) is -0.0795.